The Morgan fingerprint density at radius 3 is 2.55 bits per heavy atom. The molecule has 1 unspecified atom stereocenters. The Kier molecular flexibility index (Phi) is 6.13. The smallest absolute Gasteiger partial charge is 0.356 e. The number of nitrogens with zero attached hydrogens (tertiary/aromatic N) is 3. The second-order valence-electron chi connectivity index (χ2n) is 6.96. The summed E-state index contributed by atoms with van der Waals surface area (Å²) in [5.74, 6) is 0.487. The van der Waals surface area contributed by atoms with E-state index in [1.807, 2.05) is 30.3 Å². The van der Waals surface area contributed by atoms with Crippen molar-refractivity contribution >= 4 is 13.4 Å². The minimum Gasteiger partial charge on any atom is -0.356 e. The Morgan fingerprint density at radius 2 is 1.84 bits per heavy atom. The van der Waals surface area contributed by atoms with E-state index in [0.717, 1.165) is 22.4 Å². The fraction of sp³-hybridized carbons (Fsp3) is 0.143. The SMILES string of the molecule is NC1C(c2cc(Cc3ccc(-c4ccncc4)cc3)no2)=CC=CN1COP(=O)(O)O. The van der Waals surface area contributed by atoms with Crippen molar-refractivity contribution in [2.75, 3.05) is 6.73 Å². The van der Waals surface area contributed by atoms with Crippen molar-refractivity contribution in [2.45, 2.75) is 12.6 Å². The minimum absolute atomic E-state index is 0.357. The largest absolute Gasteiger partial charge is 0.471 e. The number of aromatic nitrogens is 2. The molecule has 3 heterocycles. The van der Waals surface area contributed by atoms with Crippen LogP contribution in [0.25, 0.3) is 16.7 Å². The highest BCUT2D eigenvalue weighted by Crippen LogP contribution is 2.36. The Labute approximate surface area is 178 Å². The molecule has 1 aliphatic heterocycles. The summed E-state index contributed by atoms with van der Waals surface area (Å²) in [6.07, 6.45) is 8.47. The number of hydrogen-bond donors (Lipinski definition) is 3. The summed E-state index contributed by atoms with van der Waals surface area (Å²) in [7, 11) is -4.60. The van der Waals surface area contributed by atoms with E-state index in [1.54, 1.807) is 30.7 Å². The monoisotopic (exact) mass is 440 g/mol. The standard InChI is InChI=1S/C21H21N4O5P/c22-21-19(2-1-11-25(21)14-29-31(26,27)28)20-13-18(24-30-20)12-15-3-5-16(6-4-15)17-7-9-23-10-8-17/h1-11,13,21H,12,14,22H2,(H2,26,27,28). The van der Waals surface area contributed by atoms with E-state index in [2.05, 4.69) is 26.8 Å². The molecule has 1 aliphatic rings. The van der Waals surface area contributed by atoms with Crippen LogP contribution in [0.2, 0.25) is 0 Å². The quantitative estimate of drug-likeness (QED) is 0.474. The third-order valence-corrected chi connectivity index (χ3v) is 5.25. The van der Waals surface area contributed by atoms with Crippen LogP contribution in [0.15, 0.2) is 77.7 Å². The van der Waals surface area contributed by atoms with Gasteiger partial charge in [0.15, 0.2) is 5.76 Å². The van der Waals surface area contributed by atoms with Crippen molar-refractivity contribution in [3.8, 4) is 11.1 Å². The summed E-state index contributed by atoms with van der Waals surface area (Å²) in [5, 5.41) is 4.13. The van der Waals surface area contributed by atoms with Gasteiger partial charge in [0, 0.05) is 36.7 Å². The Balaban J connectivity index is 1.43. The molecule has 4 rings (SSSR count). The Bertz CT molecular complexity index is 1140. The highest BCUT2D eigenvalue weighted by Gasteiger charge is 2.25. The van der Waals surface area contributed by atoms with Crippen molar-refractivity contribution in [1.82, 2.24) is 15.0 Å². The molecule has 4 N–H and O–H groups in total. The number of nitrogens with two attached hydrogens (primary N) is 1. The maximum Gasteiger partial charge on any atom is 0.471 e. The van der Waals surface area contributed by atoms with Crippen LogP contribution in [0.1, 0.15) is 17.0 Å². The average molecular weight is 440 g/mol. The lowest BCUT2D eigenvalue weighted by Gasteiger charge is -2.30. The summed E-state index contributed by atoms with van der Waals surface area (Å²) in [6, 6.07) is 13.9. The molecule has 0 saturated heterocycles. The summed E-state index contributed by atoms with van der Waals surface area (Å²) in [4.78, 5) is 23.3. The molecule has 3 aromatic rings. The van der Waals surface area contributed by atoms with Crippen molar-refractivity contribution in [1.29, 1.82) is 0 Å². The lowest BCUT2D eigenvalue weighted by atomic mass is 10.0. The third-order valence-electron chi connectivity index (χ3n) is 4.80. The van der Waals surface area contributed by atoms with Gasteiger partial charge in [-0.15, -0.1) is 0 Å². The molecular weight excluding hydrogens is 419 g/mol. The molecule has 10 heteroatoms. The number of pyridine rings is 1. The van der Waals surface area contributed by atoms with E-state index in [-0.39, 0.29) is 6.73 Å². The maximum atomic E-state index is 10.9. The zero-order valence-corrected chi connectivity index (χ0v) is 17.3. The number of phosphoric ester groups is 1. The summed E-state index contributed by atoms with van der Waals surface area (Å²) in [5.41, 5.74) is 10.9. The van der Waals surface area contributed by atoms with Gasteiger partial charge in [-0.2, -0.15) is 0 Å². The van der Waals surface area contributed by atoms with E-state index in [0.29, 0.717) is 17.8 Å². The molecular formula is C21H21N4O5P. The van der Waals surface area contributed by atoms with Gasteiger partial charge in [-0.25, -0.2) is 4.57 Å². The number of rotatable bonds is 7. The van der Waals surface area contributed by atoms with E-state index >= 15 is 0 Å². The molecule has 31 heavy (non-hydrogen) atoms. The van der Waals surface area contributed by atoms with E-state index in [1.165, 1.54) is 4.90 Å². The predicted molar refractivity (Wildman–Crippen MR) is 114 cm³/mol. The molecule has 1 atom stereocenters. The average Bonchev–Trinajstić information content (AvgIpc) is 3.22. The van der Waals surface area contributed by atoms with Crippen LogP contribution in [0, 0.1) is 0 Å². The molecule has 9 nitrogen and oxygen atoms in total. The Morgan fingerprint density at radius 1 is 1.13 bits per heavy atom. The first-order valence-electron chi connectivity index (χ1n) is 9.44. The summed E-state index contributed by atoms with van der Waals surface area (Å²) < 4.78 is 21.0. The molecule has 0 bridgehead atoms. The number of phosphoric acid groups is 1. The first kappa shape index (κ1) is 21.2. The lowest BCUT2D eigenvalue weighted by Crippen LogP contribution is -2.41. The first-order chi connectivity index (χ1) is 14.9. The van der Waals surface area contributed by atoms with E-state index in [9.17, 15) is 4.57 Å². The van der Waals surface area contributed by atoms with Crippen LogP contribution in [0.3, 0.4) is 0 Å². The van der Waals surface area contributed by atoms with Crippen molar-refractivity contribution in [2.24, 2.45) is 5.73 Å². The second kappa shape index (κ2) is 8.97. The van der Waals surface area contributed by atoms with Crippen LogP contribution < -0.4 is 5.73 Å². The van der Waals surface area contributed by atoms with Gasteiger partial charge >= 0.3 is 7.82 Å². The van der Waals surface area contributed by atoms with Crippen molar-refractivity contribution < 1.29 is 23.4 Å². The van der Waals surface area contributed by atoms with Gasteiger partial charge in [0.2, 0.25) is 0 Å². The summed E-state index contributed by atoms with van der Waals surface area (Å²) >= 11 is 0. The van der Waals surface area contributed by atoms with Gasteiger partial charge < -0.3 is 24.9 Å². The second-order valence-corrected chi connectivity index (χ2v) is 8.20. The van der Waals surface area contributed by atoms with E-state index < -0.39 is 14.0 Å². The van der Waals surface area contributed by atoms with Gasteiger partial charge in [-0.3, -0.25) is 9.51 Å². The highest BCUT2D eigenvalue weighted by atomic mass is 31.2. The van der Waals surface area contributed by atoms with Gasteiger partial charge in [0.05, 0.1) is 5.69 Å². The number of hydrogen-bond acceptors (Lipinski definition) is 7. The van der Waals surface area contributed by atoms with Crippen molar-refractivity contribution in [3.63, 3.8) is 0 Å². The molecule has 160 valence electrons. The zero-order valence-electron chi connectivity index (χ0n) is 16.4. The normalized spacial score (nSPS) is 16.4. The molecule has 0 amide bonds. The van der Waals surface area contributed by atoms with Crippen LogP contribution in [-0.2, 0) is 15.5 Å². The molecule has 0 radical (unpaired) electrons. The van der Waals surface area contributed by atoms with Gasteiger partial charge in [0.1, 0.15) is 12.9 Å². The molecule has 0 spiro atoms. The lowest BCUT2D eigenvalue weighted by molar-refractivity contribution is 0.110. The fourth-order valence-electron chi connectivity index (χ4n) is 3.22. The molecule has 0 aliphatic carbocycles. The Hall–Kier alpha value is -3.07. The number of allylic oxidation sites excluding steroid dienone is 2. The number of benzene rings is 1. The van der Waals surface area contributed by atoms with Crippen LogP contribution in [-0.4, -0.2) is 37.7 Å². The maximum absolute atomic E-state index is 10.9. The fourth-order valence-corrected chi connectivity index (χ4v) is 3.50. The molecule has 1 aromatic carbocycles. The highest BCUT2D eigenvalue weighted by molar-refractivity contribution is 7.46. The summed E-state index contributed by atoms with van der Waals surface area (Å²) in [6.45, 7) is -0.357. The molecule has 0 fully saturated rings. The first-order valence-corrected chi connectivity index (χ1v) is 11.0. The molecule has 0 saturated carbocycles. The van der Waals surface area contributed by atoms with Crippen molar-refractivity contribution in [3.05, 3.63) is 90.2 Å². The van der Waals surface area contributed by atoms with Crippen LogP contribution in [0.5, 0.6) is 0 Å². The van der Waals surface area contributed by atoms with E-state index in [4.69, 9.17) is 20.0 Å². The molecule has 2 aromatic heterocycles. The topological polar surface area (TPSA) is 135 Å². The third kappa shape index (κ3) is 5.35. The van der Waals surface area contributed by atoms with Gasteiger partial charge in [-0.05, 0) is 34.9 Å². The zero-order chi connectivity index (χ0) is 21.8. The predicted octanol–water partition coefficient (Wildman–Crippen LogP) is 2.89. The van der Waals surface area contributed by atoms with Crippen LogP contribution in [0.4, 0.5) is 0 Å². The van der Waals surface area contributed by atoms with Gasteiger partial charge in [-0.1, -0.05) is 35.5 Å². The minimum atomic E-state index is -4.60. The van der Waals surface area contributed by atoms with Gasteiger partial charge in [0.25, 0.3) is 0 Å². The van der Waals surface area contributed by atoms with Crippen LogP contribution >= 0.6 is 7.82 Å².